The Morgan fingerprint density at radius 3 is 2.79 bits per heavy atom. The van der Waals surface area contributed by atoms with Crippen molar-refractivity contribution in [3.05, 3.63) is 11.6 Å². The third kappa shape index (κ3) is 2.80. The number of hydrogen-bond acceptors (Lipinski definition) is 5. The second-order valence-corrected chi connectivity index (χ2v) is 9.54. The molecule has 0 saturated heterocycles. The largest absolute Gasteiger partial charge is 0.466 e. The average molecular weight is 389 g/mol. The number of ether oxygens (including phenoxy) is 1. The molecule has 0 bridgehead atoms. The van der Waals surface area contributed by atoms with Gasteiger partial charge >= 0.3 is 5.97 Å². The zero-order chi connectivity index (χ0) is 20.1. The first kappa shape index (κ1) is 19.8. The number of Topliss-reactive ketones (excluding diaryl/α,β-unsaturated/α-hetero) is 2. The number of aliphatic hydroxyl groups is 1. The summed E-state index contributed by atoms with van der Waals surface area (Å²) in [5.74, 6) is 1.17. The van der Waals surface area contributed by atoms with E-state index in [1.807, 2.05) is 0 Å². The van der Waals surface area contributed by atoms with E-state index in [0.29, 0.717) is 49.9 Å². The molecule has 4 aliphatic carbocycles. The molecule has 5 nitrogen and oxygen atoms in total. The number of hydrogen-bond donors (Lipinski definition) is 1. The van der Waals surface area contributed by atoms with Crippen molar-refractivity contribution in [1.29, 1.82) is 0 Å². The molecule has 4 rings (SSSR count). The summed E-state index contributed by atoms with van der Waals surface area (Å²) in [4.78, 5) is 36.9. The van der Waals surface area contributed by atoms with Crippen LogP contribution >= 0.6 is 0 Å². The number of fused-ring (bicyclic) bond motifs is 5. The highest BCUT2D eigenvalue weighted by Crippen LogP contribution is 2.65. The summed E-state index contributed by atoms with van der Waals surface area (Å²) in [7, 11) is 0. The fourth-order valence-electron chi connectivity index (χ4n) is 7.15. The molecule has 0 aromatic carbocycles. The van der Waals surface area contributed by atoms with Crippen LogP contribution in [0.4, 0.5) is 0 Å². The average Bonchev–Trinajstić information content (AvgIpc) is 2.96. The lowest BCUT2D eigenvalue weighted by atomic mass is 9.46. The number of carbonyl (C=O) groups is 3. The van der Waals surface area contributed by atoms with Crippen LogP contribution in [0.25, 0.3) is 0 Å². The van der Waals surface area contributed by atoms with Gasteiger partial charge in [-0.25, -0.2) is 0 Å². The lowest BCUT2D eigenvalue weighted by molar-refractivity contribution is -0.152. The predicted octanol–water partition coefficient (Wildman–Crippen LogP) is 3.38. The first-order valence-corrected chi connectivity index (χ1v) is 10.9. The van der Waals surface area contributed by atoms with Gasteiger partial charge in [0.05, 0.1) is 19.1 Å². The maximum Gasteiger partial charge on any atom is 0.308 e. The molecule has 0 spiro atoms. The second kappa shape index (κ2) is 7.08. The van der Waals surface area contributed by atoms with Crippen LogP contribution in [0.2, 0.25) is 0 Å². The Morgan fingerprint density at radius 2 is 2.04 bits per heavy atom. The highest BCUT2D eigenvalue weighted by Gasteiger charge is 2.61. The number of carbonyl (C=O) groups excluding carboxylic acids is 3. The normalized spacial score (nSPS) is 40.8. The predicted molar refractivity (Wildman–Crippen MR) is 103 cm³/mol. The summed E-state index contributed by atoms with van der Waals surface area (Å²) in [5.41, 5.74) is 0.288. The molecule has 28 heavy (non-hydrogen) atoms. The van der Waals surface area contributed by atoms with Gasteiger partial charge in [0.25, 0.3) is 0 Å². The van der Waals surface area contributed by atoms with Gasteiger partial charge in [0, 0.05) is 30.1 Å². The van der Waals surface area contributed by atoms with E-state index >= 15 is 0 Å². The molecule has 1 unspecified atom stereocenters. The molecule has 0 aromatic heterocycles. The van der Waals surface area contributed by atoms with E-state index in [0.717, 1.165) is 31.3 Å². The molecule has 0 amide bonds. The van der Waals surface area contributed by atoms with Crippen molar-refractivity contribution in [2.24, 2.45) is 28.6 Å². The fourth-order valence-corrected chi connectivity index (χ4v) is 7.15. The van der Waals surface area contributed by atoms with E-state index in [1.165, 1.54) is 0 Å². The Kier molecular flexibility index (Phi) is 5.01. The zero-order valence-corrected chi connectivity index (χ0v) is 17.0. The van der Waals surface area contributed by atoms with Crippen molar-refractivity contribution in [2.75, 3.05) is 6.61 Å². The molecule has 0 radical (unpaired) electrons. The zero-order valence-electron chi connectivity index (χ0n) is 17.0. The Hall–Kier alpha value is -1.49. The van der Waals surface area contributed by atoms with E-state index in [4.69, 9.17) is 4.74 Å². The highest BCUT2D eigenvalue weighted by atomic mass is 16.5. The molecule has 0 aliphatic heterocycles. The highest BCUT2D eigenvalue weighted by molar-refractivity contribution is 5.87. The first-order chi connectivity index (χ1) is 13.3. The van der Waals surface area contributed by atoms with E-state index in [2.05, 4.69) is 13.0 Å². The minimum atomic E-state index is -0.833. The van der Waals surface area contributed by atoms with Gasteiger partial charge in [-0.1, -0.05) is 18.6 Å². The molecule has 154 valence electrons. The standard InChI is InChI=1S/C23H32O5/c1-3-28-21(27)13-20(26)23-11-8-15(24)12-14(23)4-5-16-17-6-7-19(25)22(17,2)10-9-18(16)23/h4,16-18,20,26H,3,5-13H2,1-2H3/t16-,17-,18+,20?,22-,23+/m0/s1. The summed E-state index contributed by atoms with van der Waals surface area (Å²) < 4.78 is 5.11. The van der Waals surface area contributed by atoms with Crippen LogP contribution in [0.15, 0.2) is 11.6 Å². The fraction of sp³-hybridized carbons (Fsp3) is 0.783. The molecule has 3 fully saturated rings. The topological polar surface area (TPSA) is 80.7 Å². The van der Waals surface area contributed by atoms with Crippen LogP contribution in [0.5, 0.6) is 0 Å². The van der Waals surface area contributed by atoms with Gasteiger partial charge in [-0.05, 0) is 56.8 Å². The van der Waals surface area contributed by atoms with Gasteiger partial charge in [0.15, 0.2) is 0 Å². The molecule has 0 heterocycles. The van der Waals surface area contributed by atoms with Crippen molar-refractivity contribution in [1.82, 2.24) is 0 Å². The van der Waals surface area contributed by atoms with Gasteiger partial charge in [-0.2, -0.15) is 0 Å². The maximum absolute atomic E-state index is 12.6. The molecular weight excluding hydrogens is 356 g/mol. The van der Waals surface area contributed by atoms with Crippen molar-refractivity contribution < 1.29 is 24.2 Å². The van der Waals surface area contributed by atoms with Gasteiger partial charge in [0.2, 0.25) is 0 Å². The third-order valence-electron chi connectivity index (χ3n) is 8.51. The first-order valence-electron chi connectivity index (χ1n) is 10.9. The van der Waals surface area contributed by atoms with Gasteiger partial charge in [-0.15, -0.1) is 0 Å². The van der Waals surface area contributed by atoms with E-state index in [-0.39, 0.29) is 29.5 Å². The number of ketones is 2. The monoisotopic (exact) mass is 388 g/mol. The molecular formula is C23H32O5. The minimum Gasteiger partial charge on any atom is -0.466 e. The van der Waals surface area contributed by atoms with E-state index in [1.54, 1.807) is 6.92 Å². The molecule has 0 aromatic rings. The lowest BCUT2D eigenvalue weighted by Gasteiger charge is -2.58. The van der Waals surface area contributed by atoms with E-state index in [9.17, 15) is 19.5 Å². The number of allylic oxidation sites excluding steroid dienone is 1. The van der Waals surface area contributed by atoms with Gasteiger partial charge in [0.1, 0.15) is 11.6 Å². The van der Waals surface area contributed by atoms with E-state index < -0.39 is 11.5 Å². The Labute approximate surface area is 166 Å². The second-order valence-electron chi connectivity index (χ2n) is 9.54. The summed E-state index contributed by atoms with van der Waals surface area (Å²) >= 11 is 0. The van der Waals surface area contributed by atoms with Crippen LogP contribution in [0, 0.1) is 28.6 Å². The van der Waals surface area contributed by atoms with Crippen LogP contribution < -0.4 is 0 Å². The summed E-state index contributed by atoms with van der Waals surface area (Å²) in [5, 5.41) is 11.3. The van der Waals surface area contributed by atoms with Crippen molar-refractivity contribution in [2.45, 2.75) is 77.7 Å². The molecule has 1 N–H and O–H groups in total. The maximum atomic E-state index is 12.6. The number of esters is 1. The van der Waals surface area contributed by atoms with Crippen LogP contribution in [-0.2, 0) is 19.1 Å². The lowest BCUT2D eigenvalue weighted by Crippen LogP contribution is -2.56. The molecule has 3 saturated carbocycles. The Bertz CT molecular complexity index is 725. The van der Waals surface area contributed by atoms with Crippen LogP contribution in [-0.4, -0.2) is 35.4 Å². The molecule has 6 atom stereocenters. The number of rotatable bonds is 4. The third-order valence-corrected chi connectivity index (χ3v) is 8.51. The van der Waals surface area contributed by atoms with Crippen molar-refractivity contribution >= 4 is 17.5 Å². The summed E-state index contributed by atoms with van der Waals surface area (Å²) in [6, 6.07) is 0. The SMILES string of the molecule is CCOC(=O)CC(O)[C@]12CCC(=O)CC1=CC[C@@H]1[C@H]2CC[C@]2(C)C(=O)CC[C@@H]12. The Morgan fingerprint density at radius 1 is 1.25 bits per heavy atom. The quantitative estimate of drug-likeness (QED) is 0.590. The van der Waals surface area contributed by atoms with Crippen molar-refractivity contribution in [3.8, 4) is 0 Å². The van der Waals surface area contributed by atoms with Crippen molar-refractivity contribution in [3.63, 3.8) is 0 Å². The smallest absolute Gasteiger partial charge is 0.308 e. The van der Waals surface area contributed by atoms with Gasteiger partial charge in [-0.3, -0.25) is 14.4 Å². The molecule has 4 aliphatic rings. The minimum absolute atomic E-state index is 0.0243. The van der Waals surface area contributed by atoms with Crippen LogP contribution in [0.3, 0.4) is 0 Å². The van der Waals surface area contributed by atoms with Crippen LogP contribution in [0.1, 0.15) is 71.6 Å². The summed E-state index contributed by atoms with van der Waals surface area (Å²) in [6.45, 7) is 4.20. The Balaban J connectivity index is 1.70. The van der Waals surface area contributed by atoms with Gasteiger partial charge < -0.3 is 9.84 Å². The summed E-state index contributed by atoms with van der Waals surface area (Å²) in [6.07, 6.45) is 6.99. The molecule has 5 heteroatoms. The number of aliphatic hydroxyl groups excluding tert-OH is 1.